The Labute approximate surface area is 151 Å². The fourth-order valence-corrected chi connectivity index (χ4v) is 5.34. The minimum atomic E-state index is -3.57. The lowest BCUT2D eigenvalue weighted by Gasteiger charge is -2.30. The molecule has 1 aliphatic heterocycles. The standard InChI is InChI=1S/C16H18N2O3S2.ClH/c17-12-5-4-10-18(11-12)16(19)14-8-9-15(22-14)23(20,21)13-6-2-1-3-7-13;/h1-3,6-9,12H,4-5,10-11,17H2;1H. The number of nitrogens with two attached hydrogens (primary N) is 1. The number of hydrogen-bond acceptors (Lipinski definition) is 5. The van der Waals surface area contributed by atoms with E-state index in [1.54, 1.807) is 41.3 Å². The van der Waals surface area contributed by atoms with Crippen molar-refractivity contribution in [2.45, 2.75) is 28.0 Å². The Kier molecular flexibility index (Phi) is 6.03. The average Bonchev–Trinajstić information content (AvgIpc) is 3.06. The van der Waals surface area contributed by atoms with Crippen LogP contribution in [0.15, 0.2) is 51.6 Å². The fraction of sp³-hybridized carbons (Fsp3) is 0.312. The first-order valence-corrected chi connectivity index (χ1v) is 9.73. The number of sulfone groups is 1. The predicted molar refractivity (Wildman–Crippen MR) is 96.6 cm³/mol. The topological polar surface area (TPSA) is 80.5 Å². The summed E-state index contributed by atoms with van der Waals surface area (Å²) in [5, 5.41) is 0. The zero-order valence-electron chi connectivity index (χ0n) is 12.9. The van der Waals surface area contributed by atoms with E-state index in [0.29, 0.717) is 18.0 Å². The summed E-state index contributed by atoms with van der Waals surface area (Å²) in [5.41, 5.74) is 5.91. The second kappa shape index (κ2) is 7.65. The molecule has 1 aliphatic rings. The van der Waals surface area contributed by atoms with E-state index in [9.17, 15) is 13.2 Å². The number of hydrogen-bond donors (Lipinski definition) is 1. The van der Waals surface area contributed by atoms with Crippen LogP contribution in [0.4, 0.5) is 0 Å². The molecule has 1 unspecified atom stereocenters. The Balaban J connectivity index is 0.00000208. The molecule has 0 spiro atoms. The lowest BCUT2D eigenvalue weighted by Crippen LogP contribution is -2.45. The van der Waals surface area contributed by atoms with Crippen molar-refractivity contribution in [1.29, 1.82) is 0 Å². The maximum absolute atomic E-state index is 12.6. The highest BCUT2D eigenvalue weighted by atomic mass is 35.5. The maximum atomic E-state index is 12.6. The van der Waals surface area contributed by atoms with Gasteiger partial charge in [-0.25, -0.2) is 8.42 Å². The molecule has 8 heteroatoms. The summed E-state index contributed by atoms with van der Waals surface area (Å²) in [6.45, 7) is 1.20. The van der Waals surface area contributed by atoms with Gasteiger partial charge in [0.15, 0.2) is 0 Å². The van der Waals surface area contributed by atoms with Gasteiger partial charge in [-0.05, 0) is 37.1 Å². The fourth-order valence-electron chi connectivity index (χ4n) is 2.65. The van der Waals surface area contributed by atoms with Crippen LogP contribution in [0, 0.1) is 0 Å². The number of nitrogens with zero attached hydrogens (tertiary/aromatic N) is 1. The molecule has 2 N–H and O–H groups in total. The quantitative estimate of drug-likeness (QED) is 0.879. The highest BCUT2D eigenvalue weighted by Crippen LogP contribution is 2.28. The van der Waals surface area contributed by atoms with Gasteiger partial charge in [0.1, 0.15) is 4.21 Å². The monoisotopic (exact) mass is 386 g/mol. The molecule has 1 atom stereocenters. The number of rotatable bonds is 3. The van der Waals surface area contributed by atoms with Gasteiger partial charge in [-0.15, -0.1) is 23.7 Å². The molecule has 1 amide bonds. The number of carbonyl (C=O) groups excluding carboxylic acids is 1. The Morgan fingerprint density at radius 3 is 2.54 bits per heavy atom. The molecule has 0 saturated carbocycles. The minimum absolute atomic E-state index is 0. The molecule has 1 saturated heterocycles. The van der Waals surface area contributed by atoms with Crippen molar-refractivity contribution in [2.75, 3.05) is 13.1 Å². The largest absolute Gasteiger partial charge is 0.336 e. The molecule has 24 heavy (non-hydrogen) atoms. The van der Waals surface area contributed by atoms with E-state index in [1.807, 2.05) is 0 Å². The van der Waals surface area contributed by atoms with Crippen LogP contribution in [-0.4, -0.2) is 38.4 Å². The lowest BCUT2D eigenvalue weighted by atomic mass is 10.1. The summed E-state index contributed by atoms with van der Waals surface area (Å²) < 4.78 is 25.3. The summed E-state index contributed by atoms with van der Waals surface area (Å²) in [4.78, 5) is 14.9. The van der Waals surface area contributed by atoms with Crippen LogP contribution in [0.5, 0.6) is 0 Å². The molecule has 1 aromatic heterocycles. The van der Waals surface area contributed by atoms with E-state index in [0.717, 1.165) is 24.2 Å². The van der Waals surface area contributed by atoms with Crippen LogP contribution in [0.1, 0.15) is 22.5 Å². The Morgan fingerprint density at radius 1 is 1.17 bits per heavy atom. The van der Waals surface area contributed by atoms with Crippen molar-refractivity contribution in [3.63, 3.8) is 0 Å². The highest BCUT2D eigenvalue weighted by molar-refractivity contribution is 7.93. The third kappa shape index (κ3) is 3.80. The molecule has 0 radical (unpaired) electrons. The summed E-state index contributed by atoms with van der Waals surface area (Å²) in [5.74, 6) is -0.139. The van der Waals surface area contributed by atoms with Gasteiger partial charge in [0, 0.05) is 19.1 Å². The number of piperidine rings is 1. The van der Waals surface area contributed by atoms with Crippen LogP contribution in [0.3, 0.4) is 0 Å². The Bertz CT molecular complexity index is 806. The van der Waals surface area contributed by atoms with Crippen molar-refractivity contribution >= 4 is 39.5 Å². The first kappa shape index (κ1) is 18.9. The van der Waals surface area contributed by atoms with Gasteiger partial charge in [-0.2, -0.15) is 0 Å². The van der Waals surface area contributed by atoms with Crippen molar-refractivity contribution in [1.82, 2.24) is 4.90 Å². The number of carbonyl (C=O) groups is 1. The Morgan fingerprint density at radius 2 is 1.88 bits per heavy atom. The number of thiophene rings is 1. The van der Waals surface area contributed by atoms with Gasteiger partial charge in [0.25, 0.3) is 5.91 Å². The summed E-state index contributed by atoms with van der Waals surface area (Å²) in [7, 11) is -3.57. The second-order valence-electron chi connectivity index (χ2n) is 5.59. The normalized spacial score (nSPS) is 18.0. The van der Waals surface area contributed by atoms with E-state index in [2.05, 4.69) is 0 Å². The molecular formula is C16H19ClN2O3S2. The molecular weight excluding hydrogens is 368 g/mol. The van der Waals surface area contributed by atoms with Gasteiger partial charge in [0.05, 0.1) is 9.77 Å². The second-order valence-corrected chi connectivity index (χ2v) is 8.85. The van der Waals surface area contributed by atoms with Gasteiger partial charge in [-0.3, -0.25) is 4.79 Å². The molecule has 2 aromatic rings. The molecule has 3 rings (SSSR count). The Hall–Kier alpha value is -1.41. The molecule has 0 aliphatic carbocycles. The van der Waals surface area contributed by atoms with Crippen molar-refractivity contribution in [2.24, 2.45) is 5.73 Å². The van der Waals surface area contributed by atoms with Crippen molar-refractivity contribution < 1.29 is 13.2 Å². The van der Waals surface area contributed by atoms with Crippen LogP contribution in [-0.2, 0) is 9.84 Å². The minimum Gasteiger partial charge on any atom is -0.336 e. The number of likely N-dealkylation sites (tertiary alicyclic amines) is 1. The number of benzene rings is 1. The van der Waals surface area contributed by atoms with Crippen LogP contribution >= 0.6 is 23.7 Å². The molecule has 2 heterocycles. The molecule has 1 fully saturated rings. The van der Waals surface area contributed by atoms with Gasteiger partial charge in [-0.1, -0.05) is 18.2 Å². The van der Waals surface area contributed by atoms with Gasteiger partial charge < -0.3 is 10.6 Å². The first-order valence-electron chi connectivity index (χ1n) is 7.43. The van der Waals surface area contributed by atoms with E-state index in [-0.39, 0.29) is 33.5 Å². The van der Waals surface area contributed by atoms with Gasteiger partial charge >= 0.3 is 0 Å². The smallest absolute Gasteiger partial charge is 0.264 e. The van der Waals surface area contributed by atoms with E-state index >= 15 is 0 Å². The zero-order chi connectivity index (χ0) is 16.4. The molecule has 1 aromatic carbocycles. The van der Waals surface area contributed by atoms with Crippen LogP contribution in [0.2, 0.25) is 0 Å². The summed E-state index contributed by atoms with van der Waals surface area (Å²) >= 11 is 1.02. The summed E-state index contributed by atoms with van der Waals surface area (Å²) in [6.07, 6.45) is 1.80. The van der Waals surface area contributed by atoms with E-state index in [4.69, 9.17) is 5.73 Å². The van der Waals surface area contributed by atoms with Crippen molar-refractivity contribution in [3.05, 3.63) is 47.3 Å². The van der Waals surface area contributed by atoms with E-state index < -0.39 is 9.84 Å². The third-order valence-corrected chi connectivity index (χ3v) is 7.19. The first-order chi connectivity index (χ1) is 11.0. The van der Waals surface area contributed by atoms with Crippen LogP contribution in [0.25, 0.3) is 0 Å². The van der Waals surface area contributed by atoms with Gasteiger partial charge in [0.2, 0.25) is 9.84 Å². The number of halogens is 1. The highest BCUT2D eigenvalue weighted by Gasteiger charge is 2.26. The maximum Gasteiger partial charge on any atom is 0.264 e. The lowest BCUT2D eigenvalue weighted by molar-refractivity contribution is 0.0713. The zero-order valence-corrected chi connectivity index (χ0v) is 15.4. The van der Waals surface area contributed by atoms with E-state index in [1.165, 1.54) is 6.07 Å². The number of amides is 1. The average molecular weight is 387 g/mol. The molecule has 130 valence electrons. The molecule has 5 nitrogen and oxygen atoms in total. The van der Waals surface area contributed by atoms with Crippen LogP contribution < -0.4 is 5.73 Å². The molecule has 0 bridgehead atoms. The van der Waals surface area contributed by atoms with Crippen molar-refractivity contribution in [3.8, 4) is 0 Å². The summed E-state index contributed by atoms with van der Waals surface area (Å²) in [6, 6.07) is 11.3. The predicted octanol–water partition coefficient (Wildman–Crippen LogP) is 2.57. The SMILES string of the molecule is Cl.NC1CCCN(C(=O)c2ccc(S(=O)(=O)c3ccccc3)s2)C1. The third-order valence-electron chi connectivity index (χ3n) is 3.86.